The molecule has 9 nitrogen and oxygen atoms in total. The van der Waals surface area contributed by atoms with Crippen LogP contribution in [0.1, 0.15) is 12.6 Å². The first-order chi connectivity index (χ1) is 15.9. The number of fused-ring (bicyclic) bond motifs is 1. The van der Waals surface area contributed by atoms with Crippen LogP contribution < -0.4 is 25.4 Å². The molecule has 1 aliphatic heterocycles. The number of hydrogen-bond donors (Lipinski definition) is 3. The van der Waals surface area contributed by atoms with Crippen LogP contribution in [0.25, 0.3) is 0 Å². The van der Waals surface area contributed by atoms with Crippen molar-refractivity contribution in [3.63, 3.8) is 0 Å². The van der Waals surface area contributed by atoms with E-state index in [4.69, 9.17) is 9.47 Å². The van der Waals surface area contributed by atoms with Gasteiger partial charge in [0.2, 0.25) is 24.5 Å². The third kappa shape index (κ3) is 6.46. The summed E-state index contributed by atoms with van der Waals surface area (Å²) >= 11 is 2.67. The Balaban J connectivity index is 1.24. The number of ether oxygens (including phenoxy) is 2. The lowest BCUT2D eigenvalue weighted by molar-refractivity contribution is -0.116. The lowest BCUT2D eigenvalue weighted by Gasteiger charge is -2.07. The van der Waals surface area contributed by atoms with E-state index in [2.05, 4.69) is 20.9 Å². The Morgan fingerprint density at radius 2 is 1.70 bits per heavy atom. The molecule has 0 aliphatic carbocycles. The molecule has 170 valence electrons. The summed E-state index contributed by atoms with van der Waals surface area (Å²) in [6, 6.07) is 12.1. The molecule has 0 spiro atoms. The number of anilines is 3. The van der Waals surface area contributed by atoms with Crippen molar-refractivity contribution in [3.05, 3.63) is 53.5 Å². The predicted molar refractivity (Wildman–Crippen MR) is 127 cm³/mol. The highest BCUT2D eigenvalue weighted by molar-refractivity contribution is 8.01. The van der Waals surface area contributed by atoms with Crippen LogP contribution in [0.3, 0.4) is 0 Å². The van der Waals surface area contributed by atoms with Gasteiger partial charge in [0.25, 0.3) is 0 Å². The Bertz CT molecular complexity index is 1200. The summed E-state index contributed by atoms with van der Waals surface area (Å²) in [5.74, 6) is 0.836. The van der Waals surface area contributed by atoms with E-state index >= 15 is 0 Å². The van der Waals surface area contributed by atoms with Crippen molar-refractivity contribution >= 4 is 57.9 Å². The Kier molecular flexibility index (Phi) is 7.10. The smallest absolute Gasteiger partial charge is 0.234 e. The van der Waals surface area contributed by atoms with Gasteiger partial charge >= 0.3 is 0 Å². The fraction of sp³-hybridized carbons (Fsp3) is 0.182. The first kappa shape index (κ1) is 22.6. The molecule has 1 aliphatic rings. The number of nitrogens with zero attached hydrogens (tertiary/aromatic N) is 1. The minimum Gasteiger partial charge on any atom is -0.454 e. The molecule has 33 heavy (non-hydrogen) atoms. The third-order valence-electron chi connectivity index (χ3n) is 4.32. The molecule has 0 bridgehead atoms. The van der Waals surface area contributed by atoms with Crippen LogP contribution in [0.4, 0.5) is 17.1 Å². The van der Waals surface area contributed by atoms with Crippen LogP contribution in [-0.4, -0.2) is 35.3 Å². The number of thiazole rings is 1. The fourth-order valence-corrected chi connectivity index (χ4v) is 4.63. The van der Waals surface area contributed by atoms with Crippen LogP contribution in [0.15, 0.2) is 52.2 Å². The highest BCUT2D eigenvalue weighted by Gasteiger charge is 2.15. The molecular weight excluding hydrogens is 464 g/mol. The Labute approximate surface area is 197 Å². The normalized spacial score (nSPS) is 11.7. The molecule has 0 fully saturated rings. The van der Waals surface area contributed by atoms with E-state index in [9.17, 15) is 14.4 Å². The number of carbonyl (C=O) groups is 3. The molecule has 0 saturated carbocycles. The lowest BCUT2D eigenvalue weighted by atomic mass is 10.2. The second-order valence-electron chi connectivity index (χ2n) is 7.00. The largest absolute Gasteiger partial charge is 0.454 e. The van der Waals surface area contributed by atoms with Gasteiger partial charge in [-0.25, -0.2) is 4.98 Å². The van der Waals surface area contributed by atoms with Crippen molar-refractivity contribution in [1.82, 2.24) is 4.98 Å². The van der Waals surface area contributed by atoms with E-state index in [1.54, 1.807) is 47.8 Å². The minimum atomic E-state index is -0.201. The number of benzene rings is 2. The molecule has 2 aromatic carbocycles. The van der Waals surface area contributed by atoms with E-state index in [0.717, 1.165) is 0 Å². The van der Waals surface area contributed by atoms with Crippen LogP contribution in [-0.2, 0) is 20.8 Å². The summed E-state index contributed by atoms with van der Waals surface area (Å²) in [5.41, 5.74) is 2.45. The quantitative estimate of drug-likeness (QED) is 0.417. The van der Waals surface area contributed by atoms with Crippen molar-refractivity contribution in [2.24, 2.45) is 0 Å². The number of amides is 3. The molecule has 1 aromatic heterocycles. The van der Waals surface area contributed by atoms with Crippen LogP contribution in [0.2, 0.25) is 0 Å². The molecule has 0 unspecified atom stereocenters. The van der Waals surface area contributed by atoms with Gasteiger partial charge in [-0.1, -0.05) is 17.8 Å². The van der Waals surface area contributed by atoms with Gasteiger partial charge in [-0.15, -0.1) is 11.3 Å². The zero-order valence-corrected chi connectivity index (χ0v) is 19.2. The monoisotopic (exact) mass is 484 g/mol. The summed E-state index contributed by atoms with van der Waals surface area (Å²) < 4.78 is 11.3. The molecule has 3 amide bonds. The van der Waals surface area contributed by atoms with E-state index in [0.29, 0.717) is 38.6 Å². The second kappa shape index (κ2) is 10.4. The maximum absolute atomic E-state index is 12.3. The van der Waals surface area contributed by atoms with E-state index in [1.807, 2.05) is 0 Å². The molecule has 3 N–H and O–H groups in total. The van der Waals surface area contributed by atoms with Gasteiger partial charge in [0, 0.05) is 35.4 Å². The number of rotatable bonds is 8. The molecule has 0 atom stereocenters. The van der Waals surface area contributed by atoms with Crippen molar-refractivity contribution in [3.8, 4) is 11.5 Å². The minimum absolute atomic E-state index is 0.119. The van der Waals surface area contributed by atoms with Gasteiger partial charge in [-0.2, -0.15) is 0 Å². The number of aromatic nitrogens is 1. The molecule has 4 rings (SSSR count). The van der Waals surface area contributed by atoms with Crippen LogP contribution in [0.5, 0.6) is 11.5 Å². The third-order valence-corrected chi connectivity index (χ3v) is 6.39. The van der Waals surface area contributed by atoms with Crippen molar-refractivity contribution in [1.29, 1.82) is 0 Å². The zero-order chi connectivity index (χ0) is 23.2. The molecular formula is C22H20N4O5S2. The van der Waals surface area contributed by atoms with Crippen molar-refractivity contribution in [2.75, 3.05) is 28.5 Å². The van der Waals surface area contributed by atoms with Gasteiger partial charge in [-0.3, -0.25) is 14.4 Å². The summed E-state index contributed by atoms with van der Waals surface area (Å²) in [7, 11) is 0. The first-order valence-corrected chi connectivity index (χ1v) is 11.8. The van der Waals surface area contributed by atoms with E-state index in [-0.39, 0.29) is 36.7 Å². The summed E-state index contributed by atoms with van der Waals surface area (Å²) in [5, 5.41) is 10.1. The molecule has 3 aromatic rings. The number of thioether (sulfide) groups is 1. The summed E-state index contributed by atoms with van der Waals surface area (Å²) in [6.07, 6.45) is 0.119. The molecule has 0 saturated heterocycles. The standard InChI is InChI=1S/C22H20N4O5S2/c1-13(27)23-14-3-2-4-15(7-14)25-21(29)11-33-22-26-17(10-32-22)9-20(28)24-16-5-6-18-19(8-16)31-12-30-18/h2-8,10H,9,11-12H2,1H3,(H,23,27)(H,24,28)(H,25,29). The van der Waals surface area contributed by atoms with E-state index < -0.39 is 0 Å². The fourth-order valence-electron chi connectivity index (χ4n) is 2.98. The number of nitrogens with one attached hydrogen (secondary N) is 3. The van der Waals surface area contributed by atoms with Gasteiger partial charge in [-0.05, 0) is 30.3 Å². The number of hydrogen-bond acceptors (Lipinski definition) is 8. The lowest BCUT2D eigenvalue weighted by Crippen LogP contribution is -2.15. The van der Waals surface area contributed by atoms with Gasteiger partial charge in [0.15, 0.2) is 15.8 Å². The average Bonchev–Trinajstić information content (AvgIpc) is 3.41. The average molecular weight is 485 g/mol. The van der Waals surface area contributed by atoms with Crippen LogP contribution >= 0.6 is 23.1 Å². The Hall–Kier alpha value is -3.57. The summed E-state index contributed by atoms with van der Waals surface area (Å²) in [4.78, 5) is 40.2. The zero-order valence-electron chi connectivity index (χ0n) is 17.5. The Morgan fingerprint density at radius 1 is 0.970 bits per heavy atom. The van der Waals surface area contributed by atoms with Gasteiger partial charge in [0.05, 0.1) is 17.9 Å². The first-order valence-electron chi connectivity index (χ1n) is 9.89. The van der Waals surface area contributed by atoms with Gasteiger partial charge < -0.3 is 25.4 Å². The van der Waals surface area contributed by atoms with Crippen molar-refractivity contribution < 1.29 is 23.9 Å². The highest BCUT2D eigenvalue weighted by Crippen LogP contribution is 2.34. The highest BCUT2D eigenvalue weighted by atomic mass is 32.2. The topological polar surface area (TPSA) is 119 Å². The second-order valence-corrected chi connectivity index (χ2v) is 9.08. The van der Waals surface area contributed by atoms with Gasteiger partial charge in [0.1, 0.15) is 0 Å². The summed E-state index contributed by atoms with van der Waals surface area (Å²) in [6.45, 7) is 1.60. The van der Waals surface area contributed by atoms with Crippen molar-refractivity contribution in [2.45, 2.75) is 17.7 Å². The molecule has 11 heteroatoms. The molecule has 2 heterocycles. The predicted octanol–water partition coefficient (Wildman–Crippen LogP) is 3.74. The Morgan fingerprint density at radius 3 is 2.52 bits per heavy atom. The SMILES string of the molecule is CC(=O)Nc1cccc(NC(=O)CSc2nc(CC(=O)Nc3ccc4c(c3)OCO4)cs2)c1. The maximum atomic E-state index is 12.3. The molecule has 0 radical (unpaired) electrons. The van der Waals surface area contributed by atoms with E-state index in [1.165, 1.54) is 30.0 Å². The maximum Gasteiger partial charge on any atom is 0.234 e. The van der Waals surface area contributed by atoms with Crippen LogP contribution in [0, 0.1) is 0 Å². The number of carbonyl (C=O) groups excluding carboxylic acids is 3.